The summed E-state index contributed by atoms with van der Waals surface area (Å²) in [6.07, 6.45) is 6.64. The van der Waals surface area contributed by atoms with E-state index in [-0.39, 0.29) is 5.91 Å². The third-order valence-corrected chi connectivity index (χ3v) is 4.01. The summed E-state index contributed by atoms with van der Waals surface area (Å²) in [6, 6.07) is 7.69. The van der Waals surface area contributed by atoms with Crippen molar-refractivity contribution in [2.45, 2.75) is 19.3 Å². The summed E-state index contributed by atoms with van der Waals surface area (Å²) in [5, 5.41) is 2.93. The van der Waals surface area contributed by atoms with Crippen LogP contribution < -0.4 is 5.32 Å². The van der Waals surface area contributed by atoms with Crippen LogP contribution in [0.1, 0.15) is 27.9 Å². The van der Waals surface area contributed by atoms with Gasteiger partial charge < -0.3 is 5.32 Å². The summed E-state index contributed by atoms with van der Waals surface area (Å²) < 4.78 is 0.936. The van der Waals surface area contributed by atoms with Crippen molar-refractivity contribution >= 4 is 27.5 Å². The lowest BCUT2D eigenvalue weighted by Gasteiger charge is -2.10. The van der Waals surface area contributed by atoms with Crippen molar-refractivity contribution in [3.8, 4) is 0 Å². The van der Waals surface area contributed by atoms with E-state index in [0.717, 1.165) is 23.0 Å². The van der Waals surface area contributed by atoms with E-state index in [1.807, 2.05) is 0 Å². The fourth-order valence-corrected chi connectivity index (χ4v) is 2.87. The van der Waals surface area contributed by atoms with Gasteiger partial charge >= 0.3 is 0 Å². The Labute approximate surface area is 120 Å². The third-order valence-electron chi connectivity index (χ3n) is 3.35. The minimum absolute atomic E-state index is 0.133. The fourth-order valence-electron chi connectivity index (χ4n) is 2.38. The molecule has 1 N–H and O–H groups in total. The number of nitrogens with one attached hydrogen (secondary N) is 1. The number of aryl methyl sites for hydroxylation is 2. The highest BCUT2D eigenvalue weighted by Crippen LogP contribution is 2.31. The van der Waals surface area contributed by atoms with E-state index in [1.165, 1.54) is 17.5 Å². The number of pyridine rings is 1. The highest BCUT2D eigenvalue weighted by atomic mass is 79.9. The largest absolute Gasteiger partial charge is 0.321 e. The predicted octanol–water partition coefficient (Wildman–Crippen LogP) is 3.59. The highest BCUT2D eigenvalue weighted by molar-refractivity contribution is 9.10. The molecule has 1 aliphatic rings. The summed E-state index contributed by atoms with van der Waals surface area (Å²) in [5.41, 5.74) is 4.11. The number of benzene rings is 1. The monoisotopic (exact) mass is 316 g/mol. The lowest BCUT2D eigenvalue weighted by Crippen LogP contribution is -2.12. The van der Waals surface area contributed by atoms with Crippen LogP contribution in [0.5, 0.6) is 0 Å². The molecule has 3 nitrogen and oxygen atoms in total. The Kier molecular flexibility index (Phi) is 3.34. The number of fused-ring (bicyclic) bond motifs is 1. The molecule has 1 aliphatic carbocycles. The Morgan fingerprint density at radius 1 is 1.26 bits per heavy atom. The van der Waals surface area contributed by atoms with E-state index in [0.29, 0.717) is 5.56 Å². The maximum atomic E-state index is 12.1. The Hall–Kier alpha value is -1.68. The summed E-state index contributed by atoms with van der Waals surface area (Å²) in [5.74, 6) is -0.133. The van der Waals surface area contributed by atoms with E-state index in [4.69, 9.17) is 0 Å². The molecule has 0 saturated carbocycles. The zero-order valence-electron chi connectivity index (χ0n) is 10.3. The van der Waals surface area contributed by atoms with Gasteiger partial charge in [-0.15, -0.1) is 0 Å². The Balaban J connectivity index is 1.86. The molecular formula is C15H13BrN2O. The molecule has 19 heavy (non-hydrogen) atoms. The highest BCUT2D eigenvalue weighted by Gasteiger charge is 2.15. The van der Waals surface area contributed by atoms with Crippen molar-refractivity contribution in [2.75, 3.05) is 5.32 Å². The van der Waals surface area contributed by atoms with Gasteiger partial charge in [0.15, 0.2) is 0 Å². The number of carbonyl (C=O) groups excluding carboxylic acids is 1. The number of hydrogen-bond acceptors (Lipinski definition) is 2. The summed E-state index contributed by atoms with van der Waals surface area (Å²) in [7, 11) is 0. The smallest absolute Gasteiger partial charge is 0.257 e. The molecule has 0 spiro atoms. The number of rotatable bonds is 2. The van der Waals surface area contributed by atoms with E-state index in [9.17, 15) is 4.79 Å². The van der Waals surface area contributed by atoms with Crippen molar-refractivity contribution in [3.63, 3.8) is 0 Å². The van der Waals surface area contributed by atoms with Crippen LogP contribution in [0.4, 0.5) is 5.69 Å². The Morgan fingerprint density at radius 2 is 2.05 bits per heavy atom. The molecule has 1 heterocycles. The summed E-state index contributed by atoms with van der Waals surface area (Å²) in [6.45, 7) is 0. The van der Waals surface area contributed by atoms with E-state index in [1.54, 1.807) is 24.5 Å². The number of nitrogens with zero attached hydrogens (tertiary/aromatic N) is 1. The molecule has 0 atom stereocenters. The second-order valence-electron chi connectivity index (χ2n) is 4.65. The van der Waals surface area contributed by atoms with E-state index >= 15 is 0 Å². The van der Waals surface area contributed by atoms with Crippen LogP contribution in [0.2, 0.25) is 0 Å². The molecule has 0 saturated heterocycles. The van der Waals surface area contributed by atoms with Gasteiger partial charge in [0.2, 0.25) is 0 Å². The zero-order chi connectivity index (χ0) is 13.2. The summed E-state index contributed by atoms with van der Waals surface area (Å²) >= 11 is 3.52. The molecule has 1 aromatic carbocycles. The van der Waals surface area contributed by atoms with Crippen LogP contribution >= 0.6 is 15.9 Å². The van der Waals surface area contributed by atoms with Gasteiger partial charge in [-0.25, -0.2) is 0 Å². The van der Waals surface area contributed by atoms with Gasteiger partial charge in [0.1, 0.15) is 0 Å². The maximum Gasteiger partial charge on any atom is 0.257 e. The number of anilines is 1. The molecule has 1 aromatic heterocycles. The Bertz CT molecular complexity index is 626. The molecule has 0 fully saturated rings. The van der Waals surface area contributed by atoms with Crippen LogP contribution in [-0.4, -0.2) is 10.9 Å². The predicted molar refractivity (Wildman–Crippen MR) is 78.4 cm³/mol. The molecule has 0 radical (unpaired) electrons. The average Bonchev–Trinajstić information content (AvgIpc) is 2.87. The van der Waals surface area contributed by atoms with Crippen molar-refractivity contribution < 1.29 is 4.79 Å². The average molecular weight is 317 g/mol. The minimum atomic E-state index is -0.133. The van der Waals surface area contributed by atoms with Crippen molar-refractivity contribution in [1.29, 1.82) is 0 Å². The number of amides is 1. The lowest BCUT2D eigenvalue weighted by molar-refractivity contribution is 0.102. The van der Waals surface area contributed by atoms with Crippen LogP contribution in [0.15, 0.2) is 41.1 Å². The van der Waals surface area contributed by atoms with Gasteiger partial charge in [0, 0.05) is 16.9 Å². The first-order chi connectivity index (χ1) is 9.24. The molecular weight excluding hydrogens is 304 g/mol. The first kappa shape index (κ1) is 12.4. The molecule has 3 rings (SSSR count). The zero-order valence-corrected chi connectivity index (χ0v) is 11.9. The quantitative estimate of drug-likeness (QED) is 0.920. The topological polar surface area (TPSA) is 42.0 Å². The minimum Gasteiger partial charge on any atom is -0.321 e. The first-order valence-electron chi connectivity index (χ1n) is 6.27. The van der Waals surface area contributed by atoms with Gasteiger partial charge in [-0.2, -0.15) is 0 Å². The van der Waals surface area contributed by atoms with Crippen LogP contribution in [0, 0.1) is 0 Å². The molecule has 0 bridgehead atoms. The van der Waals surface area contributed by atoms with Gasteiger partial charge in [-0.05, 0) is 70.6 Å². The number of hydrogen-bond donors (Lipinski definition) is 1. The van der Waals surface area contributed by atoms with Crippen LogP contribution in [0.3, 0.4) is 0 Å². The maximum absolute atomic E-state index is 12.1. The van der Waals surface area contributed by atoms with Crippen molar-refractivity contribution in [2.24, 2.45) is 0 Å². The van der Waals surface area contributed by atoms with Gasteiger partial charge in [-0.1, -0.05) is 0 Å². The molecule has 2 aromatic rings. The first-order valence-corrected chi connectivity index (χ1v) is 7.06. The molecule has 1 amide bonds. The second kappa shape index (κ2) is 5.13. The van der Waals surface area contributed by atoms with Crippen molar-refractivity contribution in [3.05, 3.63) is 57.8 Å². The molecule has 0 aliphatic heterocycles. The standard InChI is InChI=1S/C15H13BrN2O/c16-13-7-10-3-1-4-11(10)8-14(13)18-15(19)12-5-2-6-17-9-12/h2,5-9H,1,3-4H2,(H,18,19). The van der Waals surface area contributed by atoms with Crippen LogP contribution in [-0.2, 0) is 12.8 Å². The second-order valence-corrected chi connectivity index (χ2v) is 5.50. The SMILES string of the molecule is O=C(Nc1cc2c(cc1Br)CCC2)c1cccnc1. The molecule has 96 valence electrons. The lowest BCUT2D eigenvalue weighted by atomic mass is 10.1. The summed E-state index contributed by atoms with van der Waals surface area (Å²) in [4.78, 5) is 16.0. The third kappa shape index (κ3) is 2.54. The Morgan fingerprint density at radius 3 is 2.79 bits per heavy atom. The van der Waals surface area contributed by atoms with Crippen LogP contribution in [0.25, 0.3) is 0 Å². The normalized spacial score (nSPS) is 13.1. The number of halogens is 1. The van der Waals surface area contributed by atoms with Gasteiger partial charge in [0.25, 0.3) is 5.91 Å². The van der Waals surface area contributed by atoms with Gasteiger partial charge in [-0.3, -0.25) is 9.78 Å². The number of carbonyl (C=O) groups is 1. The van der Waals surface area contributed by atoms with Crippen molar-refractivity contribution in [1.82, 2.24) is 4.98 Å². The van der Waals surface area contributed by atoms with Gasteiger partial charge in [0.05, 0.1) is 11.3 Å². The molecule has 0 unspecified atom stereocenters. The molecule has 4 heteroatoms. The van der Waals surface area contributed by atoms with E-state index < -0.39 is 0 Å². The number of aromatic nitrogens is 1. The fraction of sp³-hybridized carbons (Fsp3) is 0.200. The van der Waals surface area contributed by atoms with E-state index in [2.05, 4.69) is 38.4 Å².